The number of imide groups is 1. The van der Waals surface area contributed by atoms with E-state index in [1.54, 1.807) is 10.8 Å². The zero-order chi connectivity index (χ0) is 8.97. The quantitative estimate of drug-likeness (QED) is 0.517. The van der Waals surface area contributed by atoms with E-state index in [0.29, 0.717) is 18.7 Å². The molecule has 0 radical (unpaired) electrons. The highest BCUT2D eigenvalue weighted by Crippen LogP contribution is 2.21. The molecule has 68 valence electrons. The summed E-state index contributed by atoms with van der Waals surface area (Å²) < 4.78 is 0. The van der Waals surface area contributed by atoms with Crippen LogP contribution in [0.2, 0.25) is 0 Å². The fraction of sp³-hybridized carbons (Fsp3) is 0.714. The zero-order valence-electron chi connectivity index (χ0n) is 6.91. The van der Waals surface area contributed by atoms with E-state index in [1.807, 2.05) is 6.26 Å². The first-order valence-corrected chi connectivity index (χ1v) is 6.47. The van der Waals surface area contributed by atoms with Gasteiger partial charge in [-0.2, -0.15) is 0 Å². The fourth-order valence-electron chi connectivity index (χ4n) is 1.05. The molecule has 0 N–H and O–H groups in total. The van der Waals surface area contributed by atoms with Crippen LogP contribution < -0.4 is 0 Å². The number of nitrogens with zero attached hydrogens (tertiary/aromatic N) is 1. The van der Waals surface area contributed by atoms with Crippen LogP contribution in [0.3, 0.4) is 0 Å². The second kappa shape index (κ2) is 4.77. The van der Waals surface area contributed by atoms with E-state index < -0.39 is 0 Å². The number of amides is 2. The van der Waals surface area contributed by atoms with E-state index >= 15 is 0 Å². The van der Waals surface area contributed by atoms with Crippen molar-refractivity contribution in [3.8, 4) is 0 Å². The smallest absolute Gasteiger partial charge is 0.229 e. The van der Waals surface area contributed by atoms with Crippen LogP contribution in [0.5, 0.6) is 0 Å². The van der Waals surface area contributed by atoms with Crippen molar-refractivity contribution in [3.05, 3.63) is 0 Å². The van der Waals surface area contributed by atoms with Crippen molar-refractivity contribution in [2.75, 3.05) is 12.1 Å². The van der Waals surface area contributed by atoms with Crippen LogP contribution in [0.1, 0.15) is 19.3 Å². The number of hydrogen-bond acceptors (Lipinski definition) is 4. The molecule has 12 heavy (non-hydrogen) atoms. The molecular formula is C7H11NO2S2. The van der Waals surface area contributed by atoms with Crippen molar-refractivity contribution < 1.29 is 9.59 Å². The summed E-state index contributed by atoms with van der Waals surface area (Å²) in [6, 6.07) is 0. The maximum atomic E-state index is 11.2. The van der Waals surface area contributed by atoms with E-state index in [-0.39, 0.29) is 11.8 Å². The second-order valence-corrected chi connectivity index (χ2v) is 5.02. The van der Waals surface area contributed by atoms with Gasteiger partial charge in [0.1, 0.15) is 0 Å². The molecule has 0 bridgehead atoms. The van der Waals surface area contributed by atoms with Gasteiger partial charge in [-0.3, -0.25) is 14.5 Å². The third-order valence-electron chi connectivity index (χ3n) is 1.68. The van der Waals surface area contributed by atoms with Crippen LogP contribution in [-0.2, 0) is 9.59 Å². The first kappa shape index (κ1) is 9.92. The SMILES string of the molecule is CSSCN1C(=O)CCCC1=O. The summed E-state index contributed by atoms with van der Waals surface area (Å²) in [5.41, 5.74) is 0. The fourth-order valence-corrected chi connectivity index (χ4v) is 2.18. The Morgan fingerprint density at radius 2 is 1.92 bits per heavy atom. The molecule has 0 atom stereocenters. The predicted molar refractivity (Wildman–Crippen MR) is 51.7 cm³/mol. The minimum atomic E-state index is -0.0206. The lowest BCUT2D eigenvalue weighted by atomic mass is 10.1. The van der Waals surface area contributed by atoms with Gasteiger partial charge in [0.05, 0.1) is 5.88 Å². The minimum absolute atomic E-state index is 0.0206. The summed E-state index contributed by atoms with van der Waals surface area (Å²) >= 11 is 0. The van der Waals surface area contributed by atoms with Crippen LogP contribution in [0.4, 0.5) is 0 Å². The molecule has 0 unspecified atom stereocenters. The van der Waals surface area contributed by atoms with Gasteiger partial charge in [-0.05, 0) is 12.7 Å². The molecule has 1 heterocycles. The summed E-state index contributed by atoms with van der Waals surface area (Å²) in [6.07, 6.45) is 3.71. The average Bonchev–Trinajstić information content (AvgIpc) is 2.04. The Kier molecular flexibility index (Phi) is 3.94. The molecule has 1 rings (SSSR count). The molecule has 0 aliphatic carbocycles. The normalized spacial score (nSPS) is 18.6. The van der Waals surface area contributed by atoms with E-state index in [9.17, 15) is 9.59 Å². The lowest BCUT2D eigenvalue weighted by Crippen LogP contribution is -2.39. The third kappa shape index (κ3) is 2.42. The molecule has 0 aromatic heterocycles. The number of carbonyl (C=O) groups is 2. The molecular weight excluding hydrogens is 194 g/mol. The van der Waals surface area contributed by atoms with Crippen molar-refractivity contribution in [1.29, 1.82) is 0 Å². The largest absolute Gasteiger partial charge is 0.274 e. The van der Waals surface area contributed by atoms with E-state index in [0.717, 1.165) is 6.42 Å². The van der Waals surface area contributed by atoms with Crippen LogP contribution in [-0.4, -0.2) is 28.8 Å². The van der Waals surface area contributed by atoms with E-state index in [4.69, 9.17) is 0 Å². The molecule has 2 amide bonds. The number of rotatable bonds is 3. The van der Waals surface area contributed by atoms with E-state index in [1.165, 1.54) is 15.7 Å². The van der Waals surface area contributed by atoms with Crippen LogP contribution in [0.15, 0.2) is 0 Å². The number of hydrogen-bond donors (Lipinski definition) is 0. The summed E-state index contributed by atoms with van der Waals surface area (Å²) in [4.78, 5) is 23.7. The van der Waals surface area contributed by atoms with Crippen LogP contribution in [0, 0.1) is 0 Å². The topological polar surface area (TPSA) is 37.4 Å². The highest BCUT2D eigenvalue weighted by molar-refractivity contribution is 8.76. The van der Waals surface area contributed by atoms with Gasteiger partial charge in [-0.1, -0.05) is 21.6 Å². The molecule has 5 heteroatoms. The van der Waals surface area contributed by atoms with Gasteiger partial charge >= 0.3 is 0 Å². The standard InChI is InChI=1S/C7H11NO2S2/c1-11-12-5-8-6(9)3-2-4-7(8)10/h2-5H2,1H3. The first-order chi connectivity index (χ1) is 5.75. The van der Waals surface area contributed by atoms with Gasteiger partial charge in [0.25, 0.3) is 0 Å². The lowest BCUT2D eigenvalue weighted by Gasteiger charge is -2.23. The molecule has 0 aromatic carbocycles. The first-order valence-electron chi connectivity index (χ1n) is 3.74. The molecule has 1 saturated heterocycles. The molecule has 1 aliphatic heterocycles. The van der Waals surface area contributed by atoms with Crippen molar-refractivity contribution in [2.45, 2.75) is 19.3 Å². The third-order valence-corrected chi connectivity index (χ3v) is 3.31. The maximum absolute atomic E-state index is 11.2. The van der Waals surface area contributed by atoms with Gasteiger partial charge < -0.3 is 0 Å². The van der Waals surface area contributed by atoms with Gasteiger partial charge in [0, 0.05) is 12.8 Å². The zero-order valence-corrected chi connectivity index (χ0v) is 8.54. The van der Waals surface area contributed by atoms with Crippen LogP contribution in [0.25, 0.3) is 0 Å². The van der Waals surface area contributed by atoms with Crippen molar-refractivity contribution >= 4 is 33.4 Å². The van der Waals surface area contributed by atoms with Gasteiger partial charge in [-0.15, -0.1) is 0 Å². The Hall–Kier alpha value is -0.160. The Balaban J connectivity index is 2.45. The van der Waals surface area contributed by atoms with Crippen molar-refractivity contribution in [3.63, 3.8) is 0 Å². The minimum Gasteiger partial charge on any atom is -0.274 e. The highest BCUT2D eigenvalue weighted by Gasteiger charge is 2.25. The number of carbonyl (C=O) groups excluding carboxylic acids is 2. The molecule has 3 nitrogen and oxygen atoms in total. The maximum Gasteiger partial charge on any atom is 0.229 e. The Labute approximate surface area is 79.7 Å². The summed E-state index contributed by atoms with van der Waals surface area (Å²) in [7, 11) is 3.09. The molecule has 0 aromatic rings. The molecule has 1 aliphatic rings. The van der Waals surface area contributed by atoms with E-state index in [2.05, 4.69) is 0 Å². The van der Waals surface area contributed by atoms with Gasteiger partial charge in [-0.25, -0.2) is 0 Å². The molecule has 0 saturated carbocycles. The Morgan fingerprint density at radius 1 is 1.33 bits per heavy atom. The summed E-state index contributed by atoms with van der Waals surface area (Å²) in [5.74, 6) is 0.458. The predicted octanol–water partition coefficient (Wildman–Crippen LogP) is 1.49. The number of likely N-dealkylation sites (tertiary alicyclic amines) is 1. The van der Waals surface area contributed by atoms with Crippen molar-refractivity contribution in [2.24, 2.45) is 0 Å². The average molecular weight is 205 g/mol. The summed E-state index contributed by atoms with van der Waals surface area (Å²) in [5, 5.41) is 0. The second-order valence-electron chi connectivity index (χ2n) is 2.48. The number of piperidine rings is 1. The molecule has 1 fully saturated rings. The Bertz CT molecular complexity index is 180. The van der Waals surface area contributed by atoms with Crippen molar-refractivity contribution in [1.82, 2.24) is 4.90 Å². The van der Waals surface area contributed by atoms with Gasteiger partial charge in [0.2, 0.25) is 11.8 Å². The molecule has 0 spiro atoms. The summed E-state index contributed by atoms with van der Waals surface area (Å²) in [6.45, 7) is 0. The lowest BCUT2D eigenvalue weighted by molar-refractivity contribution is -0.146. The van der Waals surface area contributed by atoms with Crippen LogP contribution >= 0.6 is 21.6 Å². The van der Waals surface area contributed by atoms with Gasteiger partial charge in [0.15, 0.2) is 0 Å². The monoisotopic (exact) mass is 205 g/mol. The highest BCUT2D eigenvalue weighted by atomic mass is 33.1. The Morgan fingerprint density at radius 3 is 2.42 bits per heavy atom.